The predicted octanol–water partition coefficient (Wildman–Crippen LogP) is 4.90. The van der Waals surface area contributed by atoms with E-state index in [0.717, 1.165) is 21.7 Å². The van der Waals surface area contributed by atoms with Crippen molar-refractivity contribution >= 4 is 40.0 Å². The summed E-state index contributed by atoms with van der Waals surface area (Å²) in [6.45, 7) is 6.08. The molecule has 0 saturated heterocycles. The van der Waals surface area contributed by atoms with E-state index in [4.69, 9.17) is 14.2 Å². The molecular formula is C25H25N3O5S. The lowest BCUT2D eigenvalue weighted by Gasteiger charge is -2.23. The first-order chi connectivity index (χ1) is 16.4. The Morgan fingerprint density at radius 3 is 2.85 bits per heavy atom. The minimum atomic E-state index is -0.530. The fourth-order valence-electron chi connectivity index (χ4n) is 3.46. The second-order valence-electron chi connectivity index (χ2n) is 7.55. The van der Waals surface area contributed by atoms with Crippen molar-refractivity contribution in [2.24, 2.45) is 0 Å². The lowest BCUT2D eigenvalue weighted by Crippen LogP contribution is -2.34. The smallest absolute Gasteiger partial charge is 0.265 e. The molecule has 34 heavy (non-hydrogen) atoms. The van der Waals surface area contributed by atoms with Gasteiger partial charge in [-0.15, -0.1) is 11.3 Å². The minimum absolute atomic E-state index is 0.190. The van der Waals surface area contributed by atoms with Crippen LogP contribution in [0.4, 0.5) is 10.8 Å². The molecule has 4 rings (SSSR count). The number of carbonyl (C=O) groups excluding carboxylic acids is 2. The Kier molecular flexibility index (Phi) is 6.83. The first-order valence-corrected chi connectivity index (χ1v) is 11.6. The molecule has 0 spiro atoms. The highest BCUT2D eigenvalue weighted by Crippen LogP contribution is 2.37. The molecule has 0 radical (unpaired) electrons. The van der Waals surface area contributed by atoms with Crippen LogP contribution in [0.25, 0.3) is 17.3 Å². The zero-order chi connectivity index (χ0) is 24.2. The second kappa shape index (κ2) is 9.96. The average Bonchev–Trinajstić information content (AvgIpc) is 3.18. The van der Waals surface area contributed by atoms with Crippen LogP contribution in [-0.4, -0.2) is 36.6 Å². The van der Waals surface area contributed by atoms with Crippen LogP contribution in [0.2, 0.25) is 0 Å². The van der Waals surface area contributed by atoms with E-state index in [9.17, 15) is 9.59 Å². The first kappa shape index (κ1) is 23.3. The van der Waals surface area contributed by atoms with Crippen LogP contribution in [0.15, 0.2) is 42.5 Å². The number of nitrogens with zero attached hydrogens (tertiary/aromatic N) is 1. The predicted molar refractivity (Wildman–Crippen MR) is 133 cm³/mol. The van der Waals surface area contributed by atoms with E-state index in [1.54, 1.807) is 26.2 Å². The van der Waals surface area contributed by atoms with Crippen LogP contribution >= 0.6 is 11.3 Å². The number of ether oxygens (including phenoxy) is 3. The lowest BCUT2D eigenvalue weighted by molar-refractivity contribution is -0.122. The van der Waals surface area contributed by atoms with Gasteiger partial charge in [0.15, 0.2) is 22.7 Å². The monoisotopic (exact) mass is 479 g/mol. The summed E-state index contributed by atoms with van der Waals surface area (Å²) in [4.78, 5) is 29.9. The molecule has 1 aliphatic heterocycles. The minimum Gasteiger partial charge on any atom is -0.493 e. The third kappa shape index (κ3) is 5.04. The maximum atomic E-state index is 12.5. The van der Waals surface area contributed by atoms with Crippen LogP contribution in [0, 0.1) is 6.92 Å². The summed E-state index contributed by atoms with van der Waals surface area (Å²) in [5, 5.41) is 6.14. The summed E-state index contributed by atoms with van der Waals surface area (Å²) in [5.41, 5.74) is 2.96. The molecule has 0 fully saturated rings. The first-order valence-electron chi connectivity index (χ1n) is 10.8. The highest BCUT2D eigenvalue weighted by Gasteiger charge is 2.24. The van der Waals surface area contributed by atoms with Crippen molar-refractivity contribution in [1.29, 1.82) is 0 Å². The maximum Gasteiger partial charge on any atom is 0.265 e. The van der Waals surface area contributed by atoms with Gasteiger partial charge in [-0.25, -0.2) is 4.98 Å². The number of rotatable bonds is 7. The van der Waals surface area contributed by atoms with E-state index in [0.29, 0.717) is 34.7 Å². The normalized spacial score (nSPS) is 14.8. The highest BCUT2D eigenvalue weighted by molar-refractivity contribution is 7.16. The summed E-state index contributed by atoms with van der Waals surface area (Å²) in [6.07, 6.45) is 2.61. The van der Waals surface area contributed by atoms with Crippen LogP contribution in [0.1, 0.15) is 24.3 Å². The largest absolute Gasteiger partial charge is 0.493 e. The molecule has 9 heteroatoms. The summed E-state index contributed by atoms with van der Waals surface area (Å²) in [7, 11) is 1.57. The molecule has 8 nitrogen and oxygen atoms in total. The van der Waals surface area contributed by atoms with Gasteiger partial charge in [-0.2, -0.15) is 0 Å². The lowest BCUT2D eigenvalue weighted by atomic mass is 10.1. The van der Waals surface area contributed by atoms with Gasteiger partial charge in [-0.1, -0.05) is 6.07 Å². The van der Waals surface area contributed by atoms with Gasteiger partial charge >= 0.3 is 0 Å². The average molecular weight is 480 g/mol. The van der Waals surface area contributed by atoms with Gasteiger partial charge in [-0.3, -0.25) is 14.9 Å². The van der Waals surface area contributed by atoms with Crippen LogP contribution < -0.4 is 24.8 Å². The number of fused-ring (bicyclic) bond motifs is 1. The quantitative estimate of drug-likeness (QED) is 0.468. The third-order valence-corrected chi connectivity index (χ3v) is 6.01. The Hall–Kier alpha value is -3.85. The van der Waals surface area contributed by atoms with Crippen molar-refractivity contribution in [1.82, 2.24) is 4.98 Å². The number of hydrogen-bond donors (Lipinski definition) is 2. The van der Waals surface area contributed by atoms with Crippen LogP contribution in [-0.2, 0) is 9.59 Å². The molecule has 2 aromatic carbocycles. The molecular weight excluding hydrogens is 454 g/mol. The van der Waals surface area contributed by atoms with E-state index in [2.05, 4.69) is 15.6 Å². The third-order valence-electron chi connectivity index (χ3n) is 5.13. The number of carbonyl (C=O) groups is 2. The number of thiazole rings is 1. The highest BCUT2D eigenvalue weighted by atomic mass is 32.1. The van der Waals surface area contributed by atoms with Crippen LogP contribution in [0.3, 0.4) is 0 Å². The van der Waals surface area contributed by atoms with Gasteiger partial charge in [0.2, 0.25) is 5.91 Å². The maximum absolute atomic E-state index is 12.5. The molecule has 1 aromatic heterocycles. The summed E-state index contributed by atoms with van der Waals surface area (Å²) < 4.78 is 16.5. The Morgan fingerprint density at radius 2 is 2.09 bits per heavy atom. The number of aryl methyl sites for hydroxylation is 1. The standard InChI is InChI=1S/C25H25N3O5S/c1-5-32-20-9-6-16(12-21(20)31-4)7-11-22(29)27-25-28-23(15(3)34-25)17-8-10-19-18(13-17)26-24(30)14(2)33-19/h6-14H,5H2,1-4H3,(H,26,30)(H,27,28,29)/b11-7+/t14-/m1/s1. The van der Waals surface area contributed by atoms with Crippen molar-refractivity contribution < 1.29 is 23.8 Å². The van der Waals surface area contributed by atoms with Crippen molar-refractivity contribution in [3.05, 3.63) is 52.9 Å². The van der Waals surface area contributed by atoms with E-state index in [-0.39, 0.29) is 11.8 Å². The number of amides is 2. The van der Waals surface area contributed by atoms with E-state index < -0.39 is 6.10 Å². The number of anilines is 2. The topological polar surface area (TPSA) is 98.8 Å². The number of methoxy groups -OCH3 is 1. The van der Waals surface area contributed by atoms with Crippen molar-refractivity contribution in [3.63, 3.8) is 0 Å². The van der Waals surface area contributed by atoms with E-state index >= 15 is 0 Å². The fraction of sp³-hybridized carbons (Fsp3) is 0.240. The Balaban J connectivity index is 1.47. The fourth-order valence-corrected chi connectivity index (χ4v) is 4.29. The molecule has 3 aromatic rings. The van der Waals surface area contributed by atoms with Gasteiger partial charge in [0.05, 0.1) is 25.1 Å². The number of nitrogens with one attached hydrogen (secondary N) is 2. The summed E-state index contributed by atoms with van der Waals surface area (Å²) in [5.74, 6) is 1.39. The number of hydrogen-bond acceptors (Lipinski definition) is 7. The molecule has 1 aliphatic rings. The van der Waals surface area contributed by atoms with Gasteiger partial charge in [0.25, 0.3) is 5.91 Å². The van der Waals surface area contributed by atoms with Gasteiger partial charge < -0.3 is 19.5 Å². The van der Waals surface area contributed by atoms with Gasteiger partial charge in [-0.05, 0) is 62.7 Å². The molecule has 0 bridgehead atoms. The molecule has 1 atom stereocenters. The number of benzene rings is 2. The Morgan fingerprint density at radius 1 is 1.26 bits per heavy atom. The van der Waals surface area contributed by atoms with Crippen molar-refractivity contribution in [2.75, 3.05) is 24.4 Å². The zero-order valence-electron chi connectivity index (χ0n) is 19.3. The SMILES string of the molecule is CCOc1ccc(/C=C/C(=O)Nc2nc(-c3ccc4c(c3)NC(=O)[C@@H](C)O4)c(C)s2)cc1OC. The number of aromatic nitrogens is 1. The Bertz CT molecular complexity index is 1270. The Labute approximate surface area is 201 Å². The van der Waals surface area contributed by atoms with E-state index in [1.165, 1.54) is 17.4 Å². The summed E-state index contributed by atoms with van der Waals surface area (Å²) in [6, 6.07) is 11.0. The second-order valence-corrected chi connectivity index (χ2v) is 8.75. The molecule has 2 amide bonds. The van der Waals surface area contributed by atoms with Crippen LogP contribution in [0.5, 0.6) is 17.2 Å². The van der Waals surface area contributed by atoms with Crippen molar-refractivity contribution in [3.8, 4) is 28.5 Å². The molecule has 0 saturated carbocycles. The summed E-state index contributed by atoms with van der Waals surface area (Å²) >= 11 is 1.38. The molecule has 2 heterocycles. The molecule has 2 N–H and O–H groups in total. The molecule has 0 unspecified atom stereocenters. The van der Waals surface area contributed by atoms with Gasteiger partial charge in [0.1, 0.15) is 5.75 Å². The zero-order valence-corrected chi connectivity index (χ0v) is 20.1. The molecule has 176 valence electrons. The van der Waals surface area contributed by atoms with Crippen molar-refractivity contribution in [2.45, 2.75) is 26.9 Å². The van der Waals surface area contributed by atoms with E-state index in [1.807, 2.05) is 44.2 Å². The van der Waals surface area contributed by atoms with Gasteiger partial charge in [0, 0.05) is 16.5 Å². The molecule has 0 aliphatic carbocycles.